The average molecular weight is 414 g/mol. The lowest BCUT2D eigenvalue weighted by molar-refractivity contribution is -0.122. The molecule has 8 heteroatoms. The summed E-state index contributed by atoms with van der Waals surface area (Å²) < 4.78 is 21.4. The summed E-state index contributed by atoms with van der Waals surface area (Å²) in [5.74, 6) is 1.10. The van der Waals surface area contributed by atoms with Crippen LogP contribution in [0.1, 0.15) is 6.92 Å². The van der Waals surface area contributed by atoms with Crippen LogP contribution in [0.25, 0.3) is 0 Å². The van der Waals surface area contributed by atoms with Crippen molar-refractivity contribution in [3.8, 4) is 17.2 Å². The summed E-state index contributed by atoms with van der Waals surface area (Å²) in [5, 5.41) is 3.60. The van der Waals surface area contributed by atoms with Gasteiger partial charge in [-0.25, -0.2) is 0 Å². The van der Waals surface area contributed by atoms with Gasteiger partial charge in [0.1, 0.15) is 12.4 Å². The topological polar surface area (TPSA) is 66.0 Å². The van der Waals surface area contributed by atoms with Gasteiger partial charge in [0.2, 0.25) is 0 Å². The van der Waals surface area contributed by atoms with Crippen LogP contribution >= 0.6 is 23.2 Å². The highest BCUT2D eigenvalue weighted by atomic mass is 35.5. The molecule has 0 aromatic heterocycles. The molecule has 0 saturated heterocycles. The summed E-state index contributed by atoms with van der Waals surface area (Å²) in [6.07, 6.45) is -0.774. The molecular weight excluding hydrogens is 393 g/mol. The molecule has 1 atom stereocenters. The van der Waals surface area contributed by atoms with Crippen molar-refractivity contribution in [3.05, 3.63) is 46.4 Å². The van der Waals surface area contributed by atoms with Crippen molar-refractivity contribution in [1.82, 2.24) is 0 Å². The second-order valence-electron chi connectivity index (χ2n) is 5.53. The van der Waals surface area contributed by atoms with Crippen molar-refractivity contribution in [2.45, 2.75) is 13.0 Å². The lowest BCUT2D eigenvalue weighted by Crippen LogP contribution is -2.30. The van der Waals surface area contributed by atoms with Crippen molar-refractivity contribution in [1.29, 1.82) is 0 Å². The SMILES string of the molecule is COCCOc1cc(NC(=O)C(C)Oc2ccc(Cl)cc2Cl)ccc1OC. The minimum Gasteiger partial charge on any atom is -0.493 e. The Kier molecular flexibility index (Phi) is 8.03. The Bertz CT molecular complexity index is 785. The molecule has 0 heterocycles. The number of hydrogen-bond donors (Lipinski definition) is 1. The van der Waals surface area contributed by atoms with Gasteiger partial charge in [0.15, 0.2) is 17.6 Å². The quantitative estimate of drug-likeness (QED) is 0.615. The summed E-state index contributed by atoms with van der Waals surface area (Å²) >= 11 is 11.9. The van der Waals surface area contributed by atoms with Gasteiger partial charge in [0.05, 0.1) is 18.7 Å². The summed E-state index contributed by atoms with van der Waals surface area (Å²) in [6, 6.07) is 9.90. The van der Waals surface area contributed by atoms with Crippen LogP contribution in [0.15, 0.2) is 36.4 Å². The van der Waals surface area contributed by atoms with Crippen LogP contribution in [-0.2, 0) is 9.53 Å². The lowest BCUT2D eigenvalue weighted by Gasteiger charge is -2.17. The molecule has 0 aliphatic heterocycles. The van der Waals surface area contributed by atoms with Crippen molar-refractivity contribution < 1.29 is 23.7 Å². The van der Waals surface area contributed by atoms with Gasteiger partial charge in [-0.15, -0.1) is 0 Å². The Morgan fingerprint density at radius 2 is 1.78 bits per heavy atom. The molecular formula is C19H21Cl2NO5. The third-order valence-electron chi connectivity index (χ3n) is 3.54. The fourth-order valence-electron chi connectivity index (χ4n) is 2.16. The van der Waals surface area contributed by atoms with E-state index >= 15 is 0 Å². The molecule has 0 aliphatic carbocycles. The number of amides is 1. The number of hydrogen-bond acceptors (Lipinski definition) is 5. The number of anilines is 1. The van der Waals surface area contributed by atoms with Gasteiger partial charge in [0.25, 0.3) is 5.91 Å². The average Bonchev–Trinajstić information content (AvgIpc) is 2.64. The predicted molar refractivity (Wildman–Crippen MR) is 106 cm³/mol. The van der Waals surface area contributed by atoms with E-state index in [1.165, 1.54) is 0 Å². The van der Waals surface area contributed by atoms with Gasteiger partial charge in [-0.3, -0.25) is 4.79 Å². The third-order valence-corrected chi connectivity index (χ3v) is 4.07. The first-order valence-electron chi connectivity index (χ1n) is 8.17. The molecule has 27 heavy (non-hydrogen) atoms. The third kappa shape index (κ3) is 6.20. The minimum atomic E-state index is -0.774. The Morgan fingerprint density at radius 3 is 2.44 bits per heavy atom. The molecule has 0 saturated carbocycles. The molecule has 0 fully saturated rings. The Labute approximate surface area is 168 Å². The van der Waals surface area contributed by atoms with Crippen LogP contribution in [0.3, 0.4) is 0 Å². The molecule has 0 spiro atoms. The molecule has 2 aromatic carbocycles. The molecule has 1 amide bonds. The zero-order valence-corrected chi connectivity index (χ0v) is 16.8. The van der Waals surface area contributed by atoms with Crippen LogP contribution in [0.5, 0.6) is 17.2 Å². The maximum atomic E-state index is 12.4. The van der Waals surface area contributed by atoms with Crippen LogP contribution in [0.4, 0.5) is 5.69 Å². The van der Waals surface area contributed by atoms with Gasteiger partial charge in [0, 0.05) is 23.9 Å². The Morgan fingerprint density at radius 1 is 1.04 bits per heavy atom. The molecule has 1 unspecified atom stereocenters. The van der Waals surface area contributed by atoms with Crippen LogP contribution in [0, 0.1) is 0 Å². The van der Waals surface area contributed by atoms with Crippen LogP contribution < -0.4 is 19.5 Å². The van der Waals surface area contributed by atoms with Crippen molar-refractivity contribution in [3.63, 3.8) is 0 Å². The minimum absolute atomic E-state index is 0.334. The zero-order chi connectivity index (χ0) is 19.8. The van der Waals surface area contributed by atoms with Crippen molar-refractivity contribution in [2.75, 3.05) is 32.8 Å². The van der Waals surface area contributed by atoms with E-state index in [1.807, 2.05) is 0 Å². The molecule has 0 bridgehead atoms. The molecule has 2 aromatic rings. The fraction of sp³-hybridized carbons (Fsp3) is 0.316. The smallest absolute Gasteiger partial charge is 0.265 e. The van der Waals surface area contributed by atoms with Gasteiger partial charge >= 0.3 is 0 Å². The first-order valence-corrected chi connectivity index (χ1v) is 8.92. The zero-order valence-electron chi connectivity index (χ0n) is 15.3. The van der Waals surface area contributed by atoms with E-state index in [2.05, 4.69) is 5.32 Å². The molecule has 6 nitrogen and oxygen atoms in total. The van der Waals surface area contributed by atoms with E-state index in [9.17, 15) is 4.79 Å². The summed E-state index contributed by atoms with van der Waals surface area (Å²) in [6.45, 7) is 2.42. The van der Waals surface area contributed by atoms with Gasteiger partial charge in [-0.05, 0) is 37.3 Å². The second kappa shape index (κ2) is 10.3. The summed E-state index contributed by atoms with van der Waals surface area (Å²) in [7, 11) is 3.13. The maximum Gasteiger partial charge on any atom is 0.265 e. The summed E-state index contributed by atoms with van der Waals surface area (Å²) in [5.41, 5.74) is 0.547. The molecule has 0 radical (unpaired) electrons. The monoisotopic (exact) mass is 413 g/mol. The van der Waals surface area contributed by atoms with E-state index < -0.39 is 6.10 Å². The first kappa shape index (κ1) is 21.2. The number of carbonyl (C=O) groups excluding carboxylic acids is 1. The lowest BCUT2D eigenvalue weighted by atomic mass is 10.2. The van der Waals surface area contributed by atoms with E-state index in [0.29, 0.717) is 46.2 Å². The van der Waals surface area contributed by atoms with Crippen molar-refractivity contribution >= 4 is 34.8 Å². The van der Waals surface area contributed by atoms with Crippen LogP contribution in [-0.4, -0.2) is 39.4 Å². The molecule has 2 rings (SSSR count). The Hall–Kier alpha value is -2.15. The first-order chi connectivity index (χ1) is 12.9. The maximum absolute atomic E-state index is 12.4. The van der Waals surface area contributed by atoms with Gasteiger partial charge in [-0.1, -0.05) is 23.2 Å². The predicted octanol–water partition coefficient (Wildman–Crippen LogP) is 4.43. The number of nitrogens with one attached hydrogen (secondary N) is 1. The highest BCUT2D eigenvalue weighted by Crippen LogP contribution is 2.31. The van der Waals surface area contributed by atoms with Crippen LogP contribution in [0.2, 0.25) is 10.0 Å². The number of methoxy groups -OCH3 is 2. The number of benzene rings is 2. The number of ether oxygens (including phenoxy) is 4. The standard InChI is InChI=1S/C19H21Cl2NO5/c1-12(27-16-6-4-13(20)10-15(16)21)19(23)22-14-5-7-17(25-3)18(11-14)26-9-8-24-2/h4-7,10-12H,8-9H2,1-3H3,(H,22,23). The largest absolute Gasteiger partial charge is 0.493 e. The highest BCUT2D eigenvalue weighted by Gasteiger charge is 2.17. The van der Waals surface area contributed by atoms with E-state index in [4.69, 9.17) is 42.1 Å². The second-order valence-corrected chi connectivity index (χ2v) is 6.37. The molecule has 146 valence electrons. The van der Waals surface area contributed by atoms with E-state index in [1.54, 1.807) is 57.5 Å². The van der Waals surface area contributed by atoms with Gasteiger partial charge in [-0.2, -0.15) is 0 Å². The number of carbonyl (C=O) groups is 1. The van der Waals surface area contributed by atoms with E-state index in [0.717, 1.165) is 0 Å². The van der Waals surface area contributed by atoms with E-state index in [-0.39, 0.29) is 5.91 Å². The molecule has 1 N–H and O–H groups in total. The van der Waals surface area contributed by atoms with Gasteiger partial charge < -0.3 is 24.3 Å². The number of rotatable bonds is 9. The molecule has 0 aliphatic rings. The highest BCUT2D eigenvalue weighted by molar-refractivity contribution is 6.35. The van der Waals surface area contributed by atoms with Crippen molar-refractivity contribution in [2.24, 2.45) is 0 Å². The normalized spacial score (nSPS) is 11.6. The fourth-order valence-corrected chi connectivity index (χ4v) is 2.61. The Balaban J connectivity index is 2.04. The summed E-state index contributed by atoms with van der Waals surface area (Å²) in [4.78, 5) is 12.4. The number of halogens is 2.